The third kappa shape index (κ3) is 2.78. The fourth-order valence-electron chi connectivity index (χ4n) is 2.30. The molecule has 1 aromatic rings. The van der Waals surface area contributed by atoms with Crippen LogP contribution >= 0.6 is 0 Å². The zero-order chi connectivity index (χ0) is 14.7. The first kappa shape index (κ1) is 15.2. The van der Waals surface area contributed by atoms with Gasteiger partial charge in [0.05, 0.1) is 13.2 Å². The monoisotopic (exact) mass is 259 g/mol. The van der Waals surface area contributed by atoms with Crippen molar-refractivity contribution in [1.29, 1.82) is 5.26 Å². The predicted octanol–water partition coefficient (Wildman–Crippen LogP) is 3.60. The maximum Gasteiger partial charge on any atom is 0.180 e. The number of carbonyl (C=O) groups excluding carboxylic acids is 1. The highest BCUT2D eigenvalue weighted by molar-refractivity contribution is 6.02. The van der Waals surface area contributed by atoms with Gasteiger partial charge in [0.2, 0.25) is 0 Å². The van der Waals surface area contributed by atoms with Crippen molar-refractivity contribution in [3.05, 3.63) is 28.3 Å². The number of nitrogens with zero attached hydrogens (tertiary/aromatic N) is 1. The molecule has 0 bridgehead atoms. The number of nitriles is 1. The van der Waals surface area contributed by atoms with Crippen molar-refractivity contribution in [1.82, 2.24) is 0 Å². The van der Waals surface area contributed by atoms with Crippen molar-refractivity contribution in [2.75, 3.05) is 7.11 Å². The van der Waals surface area contributed by atoms with Gasteiger partial charge in [0.25, 0.3) is 0 Å². The first-order valence-electron chi connectivity index (χ1n) is 6.43. The summed E-state index contributed by atoms with van der Waals surface area (Å²) >= 11 is 0. The molecule has 3 nitrogen and oxygen atoms in total. The van der Waals surface area contributed by atoms with Gasteiger partial charge in [0.15, 0.2) is 5.78 Å². The lowest BCUT2D eigenvalue weighted by atomic mass is 9.84. The quantitative estimate of drug-likeness (QED) is 0.776. The number of Topliss-reactive ketones (excluding diaryl/α,β-unsaturated/α-hetero) is 1. The number of aryl methyl sites for hydroxylation is 1. The van der Waals surface area contributed by atoms with E-state index in [1.807, 2.05) is 40.7 Å². The zero-order valence-electron chi connectivity index (χ0n) is 12.5. The number of rotatable bonds is 4. The summed E-state index contributed by atoms with van der Waals surface area (Å²) in [6, 6.07) is 3.99. The average molecular weight is 259 g/mol. The van der Waals surface area contributed by atoms with Gasteiger partial charge in [0.1, 0.15) is 11.7 Å². The van der Waals surface area contributed by atoms with E-state index in [0.717, 1.165) is 22.4 Å². The zero-order valence-corrected chi connectivity index (χ0v) is 12.5. The van der Waals surface area contributed by atoms with E-state index in [9.17, 15) is 10.1 Å². The van der Waals surface area contributed by atoms with Crippen LogP contribution in [0, 0.1) is 43.9 Å². The lowest BCUT2D eigenvalue weighted by molar-refractivity contribution is 0.0923. The Hall–Kier alpha value is -1.82. The van der Waals surface area contributed by atoms with Crippen LogP contribution in [0.4, 0.5) is 0 Å². The number of ether oxygens (including phenoxy) is 1. The van der Waals surface area contributed by atoms with E-state index in [2.05, 4.69) is 6.07 Å². The van der Waals surface area contributed by atoms with Crippen LogP contribution in [0.15, 0.2) is 6.07 Å². The highest BCUT2D eigenvalue weighted by atomic mass is 16.5. The number of methoxy groups -OCH3 is 1. The van der Waals surface area contributed by atoms with Crippen LogP contribution in [-0.4, -0.2) is 12.9 Å². The molecular weight excluding hydrogens is 238 g/mol. The van der Waals surface area contributed by atoms with E-state index in [0.29, 0.717) is 5.56 Å². The van der Waals surface area contributed by atoms with Gasteiger partial charge in [-0.25, -0.2) is 0 Å². The molecule has 0 N–H and O–H groups in total. The second kappa shape index (κ2) is 5.88. The molecule has 0 fully saturated rings. The van der Waals surface area contributed by atoms with Gasteiger partial charge in [0, 0.05) is 5.56 Å². The minimum absolute atomic E-state index is 0.0127. The van der Waals surface area contributed by atoms with Crippen molar-refractivity contribution in [2.45, 2.75) is 34.6 Å². The van der Waals surface area contributed by atoms with E-state index in [-0.39, 0.29) is 11.7 Å². The van der Waals surface area contributed by atoms with E-state index >= 15 is 0 Å². The summed E-state index contributed by atoms with van der Waals surface area (Å²) in [4.78, 5) is 12.5. The van der Waals surface area contributed by atoms with Gasteiger partial charge in [-0.15, -0.1) is 0 Å². The molecule has 0 heterocycles. The third-order valence-electron chi connectivity index (χ3n) is 3.60. The highest BCUT2D eigenvalue weighted by Gasteiger charge is 2.26. The molecule has 19 heavy (non-hydrogen) atoms. The van der Waals surface area contributed by atoms with Crippen molar-refractivity contribution in [3.63, 3.8) is 0 Å². The van der Waals surface area contributed by atoms with Crippen molar-refractivity contribution in [3.8, 4) is 11.8 Å². The first-order valence-corrected chi connectivity index (χ1v) is 6.43. The van der Waals surface area contributed by atoms with Crippen LogP contribution in [-0.2, 0) is 0 Å². The van der Waals surface area contributed by atoms with Gasteiger partial charge in [-0.3, -0.25) is 4.79 Å². The molecule has 1 rings (SSSR count). The maximum absolute atomic E-state index is 12.5. The SMILES string of the molecule is COc1cc(C)c(C(=O)C(C#N)C(C)C)c(C)c1C. The standard InChI is InChI=1S/C16H21NO2/c1-9(2)13(8-17)16(18)15-10(3)7-14(19-6)11(4)12(15)5/h7,9,13H,1-6H3. The molecule has 3 heteroatoms. The van der Waals surface area contributed by atoms with E-state index in [4.69, 9.17) is 4.74 Å². The van der Waals surface area contributed by atoms with Gasteiger partial charge in [-0.2, -0.15) is 5.26 Å². The maximum atomic E-state index is 12.5. The summed E-state index contributed by atoms with van der Waals surface area (Å²) in [5.41, 5.74) is 3.39. The Morgan fingerprint density at radius 2 is 1.84 bits per heavy atom. The van der Waals surface area contributed by atoms with Crippen LogP contribution in [0.5, 0.6) is 5.75 Å². The van der Waals surface area contributed by atoms with Crippen LogP contribution in [0.2, 0.25) is 0 Å². The third-order valence-corrected chi connectivity index (χ3v) is 3.60. The lowest BCUT2D eigenvalue weighted by Crippen LogP contribution is -2.21. The Morgan fingerprint density at radius 3 is 2.26 bits per heavy atom. The molecule has 0 aromatic heterocycles. The molecule has 1 unspecified atom stereocenters. The van der Waals surface area contributed by atoms with Gasteiger partial charge >= 0.3 is 0 Å². The van der Waals surface area contributed by atoms with Crippen molar-refractivity contribution >= 4 is 5.78 Å². The Kier molecular flexibility index (Phi) is 4.72. The van der Waals surface area contributed by atoms with Crippen molar-refractivity contribution < 1.29 is 9.53 Å². The van der Waals surface area contributed by atoms with Crippen LogP contribution in [0.3, 0.4) is 0 Å². The second-order valence-corrected chi connectivity index (χ2v) is 5.24. The minimum Gasteiger partial charge on any atom is -0.496 e. The Labute approximate surface area is 115 Å². The molecular formula is C16H21NO2. The summed E-state index contributed by atoms with van der Waals surface area (Å²) in [5.74, 6) is 0.117. The van der Waals surface area contributed by atoms with Crippen LogP contribution < -0.4 is 4.74 Å². The Bertz CT molecular complexity index is 539. The molecule has 0 amide bonds. The summed E-state index contributed by atoms with van der Waals surface area (Å²) in [7, 11) is 1.62. The summed E-state index contributed by atoms with van der Waals surface area (Å²) in [5, 5.41) is 9.18. The van der Waals surface area contributed by atoms with E-state index in [1.54, 1.807) is 7.11 Å². The van der Waals surface area contributed by atoms with Gasteiger partial charge in [-0.05, 0) is 49.4 Å². The molecule has 0 aliphatic carbocycles. The van der Waals surface area contributed by atoms with Gasteiger partial charge < -0.3 is 4.74 Å². The molecule has 0 saturated heterocycles. The molecule has 1 aromatic carbocycles. The highest BCUT2D eigenvalue weighted by Crippen LogP contribution is 2.30. The van der Waals surface area contributed by atoms with Gasteiger partial charge in [-0.1, -0.05) is 13.8 Å². The molecule has 102 valence electrons. The molecule has 0 spiro atoms. The summed E-state index contributed by atoms with van der Waals surface area (Å²) in [6.07, 6.45) is 0. The number of hydrogen-bond acceptors (Lipinski definition) is 3. The molecule has 0 aliphatic rings. The first-order chi connectivity index (χ1) is 8.84. The van der Waals surface area contributed by atoms with E-state index < -0.39 is 5.92 Å². The predicted molar refractivity (Wildman–Crippen MR) is 75.5 cm³/mol. The number of benzene rings is 1. The molecule has 0 radical (unpaired) electrons. The number of hydrogen-bond donors (Lipinski definition) is 0. The topological polar surface area (TPSA) is 50.1 Å². The smallest absolute Gasteiger partial charge is 0.180 e. The fourth-order valence-corrected chi connectivity index (χ4v) is 2.30. The van der Waals surface area contributed by atoms with Crippen molar-refractivity contribution in [2.24, 2.45) is 11.8 Å². The molecule has 0 aliphatic heterocycles. The second-order valence-electron chi connectivity index (χ2n) is 5.24. The largest absolute Gasteiger partial charge is 0.496 e. The Morgan fingerprint density at radius 1 is 1.26 bits per heavy atom. The molecule has 1 atom stereocenters. The fraction of sp³-hybridized carbons (Fsp3) is 0.500. The minimum atomic E-state index is -0.592. The number of carbonyl (C=O) groups is 1. The number of ketones is 1. The van der Waals surface area contributed by atoms with E-state index in [1.165, 1.54) is 0 Å². The normalized spacial score (nSPS) is 12.1. The van der Waals surface area contributed by atoms with Crippen LogP contribution in [0.25, 0.3) is 0 Å². The summed E-state index contributed by atoms with van der Waals surface area (Å²) < 4.78 is 5.30. The Balaban J connectivity index is 3.41. The average Bonchev–Trinajstić information content (AvgIpc) is 2.34. The van der Waals surface area contributed by atoms with Crippen LogP contribution in [0.1, 0.15) is 40.9 Å². The molecule has 0 saturated carbocycles. The lowest BCUT2D eigenvalue weighted by Gasteiger charge is -2.18. The summed E-state index contributed by atoms with van der Waals surface area (Å²) in [6.45, 7) is 9.52.